The summed E-state index contributed by atoms with van der Waals surface area (Å²) in [6, 6.07) is 0. The van der Waals surface area contributed by atoms with E-state index in [0.29, 0.717) is 6.54 Å². The van der Waals surface area contributed by atoms with Gasteiger partial charge >= 0.3 is 24.3 Å². The van der Waals surface area contributed by atoms with E-state index in [1.54, 1.807) is 4.90 Å². The Hall–Kier alpha value is -2.88. The summed E-state index contributed by atoms with van der Waals surface area (Å²) in [5.74, 6) is -4.16. The van der Waals surface area contributed by atoms with Gasteiger partial charge in [0.15, 0.2) is 0 Å². The summed E-state index contributed by atoms with van der Waals surface area (Å²) in [5, 5.41) is 14.2. The zero-order valence-electron chi connectivity index (χ0n) is 19.8. The number of likely N-dealkylation sites (N-methyl/N-ethyl adjacent to an activating group) is 1. The number of aliphatic carboxylic acids is 2. The van der Waals surface area contributed by atoms with Crippen molar-refractivity contribution >= 4 is 17.8 Å². The SMILES string of the molecule is CN(C)C(=O)CN1CCc2ncc(CN3CCCC3)n2CC1.O=C(O)C(F)(F)F.O=C(O)C(F)(F)F. The fourth-order valence-electron chi connectivity index (χ4n) is 3.32. The molecular formula is C20H29F6N5O5. The molecule has 0 unspecified atom stereocenters. The molecule has 0 atom stereocenters. The summed E-state index contributed by atoms with van der Waals surface area (Å²) in [4.78, 5) is 40.7. The molecule has 1 fully saturated rings. The number of nitrogens with zero attached hydrogens (tertiary/aromatic N) is 5. The molecule has 3 heterocycles. The van der Waals surface area contributed by atoms with Crippen molar-refractivity contribution in [3.8, 4) is 0 Å². The number of aromatic nitrogens is 2. The van der Waals surface area contributed by atoms with E-state index in [9.17, 15) is 31.1 Å². The first kappa shape index (κ1) is 31.2. The second kappa shape index (κ2) is 13.4. The molecule has 1 saturated heterocycles. The molecule has 3 rings (SSSR count). The number of rotatable bonds is 4. The standard InChI is InChI=1S/C16H27N5O.2C2HF3O2/c1-18(2)16(22)13-20-8-5-15-17-11-14(21(15)10-9-20)12-19-6-3-4-7-19;2*3-2(4,5)1(6)7/h11H,3-10,12-13H2,1-2H3;2*(H,6,7). The summed E-state index contributed by atoms with van der Waals surface area (Å²) >= 11 is 0. The van der Waals surface area contributed by atoms with Gasteiger partial charge in [0, 0.05) is 52.9 Å². The minimum Gasteiger partial charge on any atom is -0.475 e. The van der Waals surface area contributed by atoms with E-state index in [1.807, 2.05) is 20.3 Å². The van der Waals surface area contributed by atoms with Gasteiger partial charge in [0.2, 0.25) is 5.91 Å². The highest BCUT2D eigenvalue weighted by atomic mass is 19.4. The average molecular weight is 533 g/mol. The second-order valence-corrected chi connectivity index (χ2v) is 8.22. The molecule has 1 aromatic heterocycles. The first-order chi connectivity index (χ1) is 16.5. The third kappa shape index (κ3) is 10.8. The minimum atomic E-state index is -5.08. The maximum absolute atomic E-state index is 11.9. The van der Waals surface area contributed by atoms with E-state index < -0.39 is 24.3 Å². The van der Waals surface area contributed by atoms with Crippen molar-refractivity contribution in [1.82, 2.24) is 24.3 Å². The van der Waals surface area contributed by atoms with Crippen LogP contribution in [0.5, 0.6) is 0 Å². The van der Waals surface area contributed by atoms with Crippen molar-refractivity contribution in [2.45, 2.75) is 44.7 Å². The smallest absolute Gasteiger partial charge is 0.475 e. The maximum atomic E-state index is 11.9. The van der Waals surface area contributed by atoms with Crippen molar-refractivity contribution in [3.63, 3.8) is 0 Å². The average Bonchev–Trinajstić information content (AvgIpc) is 3.35. The summed E-state index contributed by atoms with van der Waals surface area (Å²) in [6.07, 6.45) is -4.54. The molecule has 0 spiro atoms. The number of carbonyl (C=O) groups is 3. The number of imidazole rings is 1. The predicted molar refractivity (Wildman–Crippen MR) is 113 cm³/mol. The number of amides is 1. The van der Waals surface area contributed by atoms with Crippen LogP contribution in [0.4, 0.5) is 26.3 Å². The number of carbonyl (C=O) groups excluding carboxylic acids is 1. The van der Waals surface area contributed by atoms with E-state index >= 15 is 0 Å². The van der Waals surface area contributed by atoms with Crippen LogP contribution in [0.1, 0.15) is 24.4 Å². The molecule has 0 bridgehead atoms. The second-order valence-electron chi connectivity index (χ2n) is 8.22. The summed E-state index contributed by atoms with van der Waals surface area (Å²) in [7, 11) is 3.64. The number of hydrogen-bond donors (Lipinski definition) is 2. The molecule has 1 amide bonds. The summed E-state index contributed by atoms with van der Waals surface area (Å²) in [6.45, 7) is 6.74. The van der Waals surface area contributed by atoms with E-state index in [-0.39, 0.29) is 5.91 Å². The number of carboxylic acid groups (broad SMARTS) is 2. The highest BCUT2D eigenvalue weighted by molar-refractivity contribution is 5.77. The third-order valence-electron chi connectivity index (χ3n) is 5.24. The molecule has 0 aliphatic carbocycles. The Balaban J connectivity index is 0.000000383. The molecule has 2 aliphatic rings. The monoisotopic (exact) mass is 533 g/mol. The fraction of sp³-hybridized carbons (Fsp3) is 0.700. The highest BCUT2D eigenvalue weighted by Crippen LogP contribution is 2.17. The lowest BCUT2D eigenvalue weighted by atomic mass is 10.3. The Morgan fingerprint density at radius 3 is 1.83 bits per heavy atom. The van der Waals surface area contributed by atoms with Crippen LogP contribution < -0.4 is 0 Å². The van der Waals surface area contributed by atoms with Crippen LogP contribution in [-0.2, 0) is 33.9 Å². The molecular weight excluding hydrogens is 504 g/mol. The zero-order valence-corrected chi connectivity index (χ0v) is 19.8. The van der Waals surface area contributed by atoms with E-state index in [4.69, 9.17) is 19.8 Å². The Morgan fingerprint density at radius 1 is 0.889 bits per heavy atom. The first-order valence-electron chi connectivity index (χ1n) is 10.8. The number of fused-ring (bicyclic) bond motifs is 1. The third-order valence-corrected chi connectivity index (χ3v) is 5.24. The molecule has 10 nitrogen and oxygen atoms in total. The molecule has 2 N–H and O–H groups in total. The molecule has 1 aromatic rings. The van der Waals surface area contributed by atoms with Gasteiger partial charge in [0.1, 0.15) is 5.82 Å². The maximum Gasteiger partial charge on any atom is 0.490 e. The highest BCUT2D eigenvalue weighted by Gasteiger charge is 2.38. The van der Waals surface area contributed by atoms with Gasteiger partial charge < -0.3 is 19.7 Å². The number of hydrogen-bond acceptors (Lipinski definition) is 6. The Labute approximate surface area is 203 Å². The van der Waals surface area contributed by atoms with Crippen LogP contribution in [0.15, 0.2) is 6.20 Å². The van der Waals surface area contributed by atoms with Crippen molar-refractivity contribution < 1.29 is 50.9 Å². The number of likely N-dealkylation sites (tertiary alicyclic amines) is 1. The molecule has 0 aromatic carbocycles. The molecule has 36 heavy (non-hydrogen) atoms. The Morgan fingerprint density at radius 2 is 1.39 bits per heavy atom. The Bertz CT molecular complexity index is 857. The normalized spacial score (nSPS) is 16.6. The van der Waals surface area contributed by atoms with Crippen LogP contribution in [0.3, 0.4) is 0 Å². The van der Waals surface area contributed by atoms with Crippen LogP contribution in [0.25, 0.3) is 0 Å². The zero-order chi connectivity index (χ0) is 27.7. The van der Waals surface area contributed by atoms with Gasteiger partial charge in [-0.05, 0) is 25.9 Å². The minimum absolute atomic E-state index is 0.178. The molecule has 16 heteroatoms. The molecule has 0 saturated carbocycles. The van der Waals surface area contributed by atoms with Gasteiger partial charge in [-0.15, -0.1) is 0 Å². The lowest BCUT2D eigenvalue weighted by Gasteiger charge is -2.21. The quantitative estimate of drug-likeness (QED) is 0.562. The molecule has 0 radical (unpaired) electrons. The van der Waals surface area contributed by atoms with Crippen LogP contribution in [0.2, 0.25) is 0 Å². The van der Waals surface area contributed by atoms with Crippen molar-refractivity contribution in [2.24, 2.45) is 0 Å². The fourth-order valence-corrected chi connectivity index (χ4v) is 3.32. The molecule has 206 valence electrons. The largest absolute Gasteiger partial charge is 0.490 e. The number of halogens is 6. The topological polar surface area (TPSA) is 119 Å². The number of carboxylic acids is 2. The van der Waals surface area contributed by atoms with Gasteiger partial charge in [0.25, 0.3) is 0 Å². The first-order valence-corrected chi connectivity index (χ1v) is 10.8. The van der Waals surface area contributed by atoms with E-state index in [1.165, 1.54) is 37.4 Å². The number of alkyl halides is 6. The summed E-state index contributed by atoms with van der Waals surface area (Å²) in [5.41, 5.74) is 1.33. The lowest BCUT2D eigenvalue weighted by molar-refractivity contribution is -0.193. The van der Waals surface area contributed by atoms with Crippen molar-refractivity contribution in [1.29, 1.82) is 0 Å². The van der Waals surface area contributed by atoms with Gasteiger partial charge in [-0.3, -0.25) is 14.6 Å². The predicted octanol–water partition coefficient (Wildman–Crippen LogP) is 1.69. The summed E-state index contributed by atoms with van der Waals surface area (Å²) < 4.78 is 65.8. The van der Waals surface area contributed by atoms with Gasteiger partial charge in [-0.25, -0.2) is 14.6 Å². The van der Waals surface area contributed by atoms with Gasteiger partial charge in [-0.2, -0.15) is 26.3 Å². The molecule has 2 aliphatic heterocycles. The van der Waals surface area contributed by atoms with Crippen LogP contribution in [-0.4, -0.2) is 111 Å². The van der Waals surface area contributed by atoms with Gasteiger partial charge in [0.05, 0.1) is 12.2 Å². The van der Waals surface area contributed by atoms with E-state index in [0.717, 1.165) is 32.6 Å². The Kier molecular flexibility index (Phi) is 11.6. The lowest BCUT2D eigenvalue weighted by Crippen LogP contribution is -2.38. The van der Waals surface area contributed by atoms with E-state index in [2.05, 4.69) is 19.4 Å². The van der Waals surface area contributed by atoms with Crippen molar-refractivity contribution in [3.05, 3.63) is 17.7 Å². The van der Waals surface area contributed by atoms with Gasteiger partial charge in [-0.1, -0.05) is 0 Å². The van der Waals surface area contributed by atoms with Crippen LogP contribution >= 0.6 is 0 Å². The van der Waals surface area contributed by atoms with Crippen LogP contribution in [0, 0.1) is 0 Å². The van der Waals surface area contributed by atoms with Crippen molar-refractivity contribution in [2.75, 3.05) is 46.8 Å².